The molecule has 26 heteroatoms. The van der Waals surface area contributed by atoms with Crippen molar-refractivity contribution in [3.63, 3.8) is 0 Å². The zero-order chi connectivity index (χ0) is 65.3. The van der Waals surface area contributed by atoms with Crippen molar-refractivity contribution < 1.29 is 71.0 Å². The van der Waals surface area contributed by atoms with Crippen molar-refractivity contribution in [1.29, 1.82) is 0 Å². The second-order valence-corrected chi connectivity index (χ2v) is 24.0. The molecule has 484 valence electrons. The molecule has 6 amide bonds. The number of nitrogens with two attached hydrogens (primary N) is 1. The number of cyclic esters (lactones) is 2. The number of nitro benzene ring substituents is 1. The molecule has 0 unspecified atom stereocenters. The molecule has 0 radical (unpaired) electrons. The minimum Gasteiger partial charge on any atom is -0.444 e. The van der Waals surface area contributed by atoms with E-state index < -0.39 is 64.3 Å². The Labute approximate surface area is 521 Å². The first-order chi connectivity index (χ1) is 42.7. The molecule has 4 N–H and O–H groups in total. The number of halogens is 2. The third kappa shape index (κ3) is 20.3. The number of benzene rings is 4. The molecule has 4 fully saturated rings. The number of Topliss-reactive ketones (excluding diaryl/α,β-unsaturated/α-hetero) is 2. The molecule has 0 spiro atoms. The van der Waals surface area contributed by atoms with Crippen molar-refractivity contribution in [3.05, 3.63) is 130 Å². The van der Waals surface area contributed by atoms with Gasteiger partial charge in [-0.1, -0.05) is 36.4 Å². The summed E-state index contributed by atoms with van der Waals surface area (Å²) in [6, 6.07) is 21.0. The third-order valence-electron chi connectivity index (χ3n) is 14.8. The van der Waals surface area contributed by atoms with E-state index in [9.17, 15) is 48.5 Å². The van der Waals surface area contributed by atoms with Gasteiger partial charge >= 0.3 is 24.4 Å². The number of piperazine rings is 2. The summed E-state index contributed by atoms with van der Waals surface area (Å²) in [4.78, 5) is 119. The van der Waals surface area contributed by atoms with Crippen LogP contribution in [0.4, 0.5) is 62.1 Å². The van der Waals surface area contributed by atoms with Crippen LogP contribution in [0.1, 0.15) is 114 Å². The highest BCUT2D eigenvalue weighted by atomic mass is 19.1. The fourth-order valence-electron chi connectivity index (χ4n) is 10.2. The molecular weight excluding hydrogens is 1170 g/mol. The molecule has 2 atom stereocenters. The van der Waals surface area contributed by atoms with E-state index in [4.69, 9.17) is 24.7 Å². The summed E-state index contributed by atoms with van der Waals surface area (Å²) in [6.45, 7) is 13.9. The van der Waals surface area contributed by atoms with E-state index >= 15 is 8.78 Å². The maximum absolute atomic E-state index is 15.2. The first kappa shape index (κ1) is 68.1. The van der Waals surface area contributed by atoms with Gasteiger partial charge in [-0.05, 0) is 116 Å². The van der Waals surface area contributed by atoms with Crippen LogP contribution in [0.15, 0.2) is 97.1 Å². The number of carbonyl (C=O) groups excluding carboxylic acids is 8. The number of ether oxygens (including phenoxy) is 4. The quantitative estimate of drug-likeness (QED) is 0.0221. The summed E-state index contributed by atoms with van der Waals surface area (Å²) in [6.07, 6.45) is 6.31. The molecule has 0 aromatic heterocycles. The van der Waals surface area contributed by atoms with Gasteiger partial charge in [0.2, 0.25) is 11.8 Å². The number of non-ortho nitro benzene ring substituents is 1. The maximum atomic E-state index is 15.2. The van der Waals surface area contributed by atoms with Crippen LogP contribution < -0.4 is 36.0 Å². The Morgan fingerprint density at radius 1 is 0.589 bits per heavy atom. The summed E-state index contributed by atoms with van der Waals surface area (Å²) < 4.78 is 51.3. The summed E-state index contributed by atoms with van der Waals surface area (Å²) in [5.74, 6) is -1.89. The van der Waals surface area contributed by atoms with Gasteiger partial charge in [0.15, 0.2) is 11.6 Å². The van der Waals surface area contributed by atoms with Crippen LogP contribution in [0.5, 0.6) is 0 Å². The average molecular weight is 1250 g/mol. The number of allylic oxidation sites excluding steroid dienone is 2. The number of ketones is 2. The summed E-state index contributed by atoms with van der Waals surface area (Å²) in [7, 11) is 0. The van der Waals surface area contributed by atoms with Gasteiger partial charge < -0.3 is 54.9 Å². The Kier molecular flexibility index (Phi) is 23.6. The molecule has 4 saturated heterocycles. The number of hydrogen-bond acceptors (Lipinski definition) is 17. The molecule has 4 aromatic rings. The molecule has 5 aliphatic rings. The predicted octanol–water partition coefficient (Wildman–Crippen LogP) is 9.58. The van der Waals surface area contributed by atoms with E-state index in [-0.39, 0.29) is 86.5 Å². The van der Waals surface area contributed by atoms with Crippen LogP contribution in [-0.2, 0) is 28.5 Å². The minimum absolute atomic E-state index is 0.0369. The van der Waals surface area contributed by atoms with E-state index in [0.29, 0.717) is 86.4 Å². The van der Waals surface area contributed by atoms with Crippen molar-refractivity contribution in [2.24, 2.45) is 0 Å². The zero-order valence-corrected chi connectivity index (χ0v) is 51.7. The lowest BCUT2D eigenvalue weighted by Gasteiger charge is -2.36. The Morgan fingerprint density at radius 3 is 1.37 bits per heavy atom. The molecule has 0 saturated carbocycles. The zero-order valence-electron chi connectivity index (χ0n) is 51.7. The highest BCUT2D eigenvalue weighted by Crippen LogP contribution is 2.31. The van der Waals surface area contributed by atoms with Gasteiger partial charge in [-0.25, -0.2) is 28.0 Å². The number of nitro groups is 1. The summed E-state index contributed by atoms with van der Waals surface area (Å²) in [5.41, 5.74) is 6.74. The van der Waals surface area contributed by atoms with Crippen LogP contribution in [-0.4, -0.2) is 164 Å². The molecular formula is C64H80F2N10O14. The van der Waals surface area contributed by atoms with Crippen molar-refractivity contribution in [3.8, 4) is 0 Å². The first-order valence-electron chi connectivity index (χ1n) is 30.1. The molecule has 4 aliphatic heterocycles. The van der Waals surface area contributed by atoms with Gasteiger partial charge in [-0.15, -0.1) is 0 Å². The van der Waals surface area contributed by atoms with Gasteiger partial charge in [-0.3, -0.25) is 39.1 Å². The van der Waals surface area contributed by atoms with Gasteiger partial charge in [0, 0.05) is 107 Å². The van der Waals surface area contributed by atoms with E-state index in [1.54, 1.807) is 105 Å². The molecule has 0 bridgehead atoms. The van der Waals surface area contributed by atoms with E-state index in [1.807, 2.05) is 4.90 Å². The average Bonchev–Trinajstić information content (AvgIpc) is 1.83. The number of nitrogens with one attached hydrogen (secondary N) is 2. The number of alkyl carbamates (subject to hydrolysis) is 2. The van der Waals surface area contributed by atoms with Gasteiger partial charge in [0.25, 0.3) is 5.69 Å². The fraction of sp³-hybridized carbons (Fsp3) is 0.469. The molecule has 9 rings (SSSR count). The maximum Gasteiger partial charge on any atom is 0.414 e. The Bertz CT molecular complexity index is 3270. The van der Waals surface area contributed by atoms with Gasteiger partial charge in [-0.2, -0.15) is 0 Å². The number of hydrogen-bond donors (Lipinski definition) is 3. The SMILES string of the molecule is C1=CCCCC1.CC(C)(C)OC(=O)NC[C@H]1CN(c2ccc(N3CCN(C(=O)CCC(=O)c4cccc(N)c4)CC3)c(F)c2)C(=O)O1.CC(C)(C)OC(=O)NC[C@H]1CN(c2ccc(N3CCN(C(=O)CCC(=O)c4cccc([N+](=O)[O-])c4)CC3)c(F)c2)C(=O)O1. The lowest BCUT2D eigenvalue weighted by Crippen LogP contribution is -2.49. The fourth-order valence-corrected chi connectivity index (χ4v) is 10.2. The van der Waals surface area contributed by atoms with Crippen LogP contribution in [0.25, 0.3) is 0 Å². The topological polar surface area (TPSA) is 286 Å². The van der Waals surface area contributed by atoms with Crippen LogP contribution in [0.3, 0.4) is 0 Å². The largest absolute Gasteiger partial charge is 0.444 e. The van der Waals surface area contributed by atoms with Gasteiger partial charge in [0.1, 0.15) is 35.0 Å². The van der Waals surface area contributed by atoms with Crippen molar-refractivity contribution in [2.45, 2.75) is 116 Å². The lowest BCUT2D eigenvalue weighted by molar-refractivity contribution is -0.384. The van der Waals surface area contributed by atoms with E-state index in [2.05, 4.69) is 22.8 Å². The van der Waals surface area contributed by atoms with Crippen molar-refractivity contribution in [2.75, 3.05) is 104 Å². The smallest absolute Gasteiger partial charge is 0.414 e. The highest BCUT2D eigenvalue weighted by Gasteiger charge is 2.36. The first-order valence-corrected chi connectivity index (χ1v) is 30.1. The lowest BCUT2D eigenvalue weighted by atomic mass is 10.1. The number of nitrogen functional groups attached to an aromatic ring is 1. The molecule has 90 heavy (non-hydrogen) atoms. The number of carbonyl (C=O) groups is 8. The normalized spacial score (nSPS) is 17.4. The molecule has 4 heterocycles. The Morgan fingerprint density at radius 2 is 1.00 bits per heavy atom. The second-order valence-electron chi connectivity index (χ2n) is 24.0. The van der Waals surface area contributed by atoms with Crippen LogP contribution >= 0.6 is 0 Å². The summed E-state index contributed by atoms with van der Waals surface area (Å²) >= 11 is 0. The van der Waals surface area contributed by atoms with Crippen molar-refractivity contribution >= 4 is 81.9 Å². The number of rotatable bonds is 17. The van der Waals surface area contributed by atoms with Gasteiger partial charge in [0.05, 0.1) is 53.9 Å². The molecule has 4 aromatic carbocycles. The Hall–Kier alpha value is -9.36. The standard InChI is InChI=1S/C29H34FN5O8.C29H36FN5O6.C6H10/c1-29(2,3)43-27(38)31-17-22-18-34(28(39)42-22)20-7-8-24(23(30)16-20)32-11-13-33(14-12-32)26(37)10-9-25(36)19-5-4-6-21(15-19)35(40)41;1-29(2,3)41-27(38)32-17-22-18-35(28(39)40-22)21-7-8-24(23(30)16-21)33-11-13-34(14-12-33)26(37)10-9-25(36)19-5-4-6-20(31)15-19;1-2-4-6-5-3-1/h4-8,15-16,22H,9-14,17-18H2,1-3H3,(H,31,38);4-8,15-16,22H,9-14,17-18,31H2,1-3H3,(H,32,38);1-2H,3-6H2/t2*22-;/m00./s1. The molecule has 1 aliphatic carbocycles. The van der Waals surface area contributed by atoms with Crippen molar-refractivity contribution in [1.82, 2.24) is 20.4 Å². The predicted molar refractivity (Wildman–Crippen MR) is 333 cm³/mol. The van der Waals surface area contributed by atoms with E-state index in [0.717, 1.165) is 0 Å². The van der Waals surface area contributed by atoms with Crippen LogP contribution in [0.2, 0.25) is 0 Å². The molecule has 24 nitrogen and oxygen atoms in total. The highest BCUT2D eigenvalue weighted by molar-refractivity contribution is 5.99. The number of anilines is 5. The Balaban J connectivity index is 0.000000234. The monoisotopic (exact) mass is 1250 g/mol. The summed E-state index contributed by atoms with van der Waals surface area (Å²) in [5, 5.41) is 16.1. The number of amides is 6. The number of nitrogens with zero attached hydrogens (tertiary/aromatic N) is 7. The van der Waals surface area contributed by atoms with E-state index in [1.165, 1.54) is 71.9 Å². The van der Waals surface area contributed by atoms with Crippen LogP contribution in [0, 0.1) is 21.7 Å². The third-order valence-corrected chi connectivity index (χ3v) is 14.8. The second kappa shape index (κ2) is 31.2. The minimum atomic E-state index is -0.665.